The predicted molar refractivity (Wildman–Crippen MR) is 59.3 cm³/mol. The fourth-order valence-corrected chi connectivity index (χ4v) is 1.92. The molecule has 1 aliphatic rings. The molecular formula is C12H19NO. The van der Waals surface area contributed by atoms with E-state index in [-0.39, 0.29) is 5.78 Å². The summed E-state index contributed by atoms with van der Waals surface area (Å²) in [4.78, 5) is 13.2. The Hall–Kier alpha value is -0.890. The summed E-state index contributed by atoms with van der Waals surface area (Å²) in [7, 11) is 0. The van der Waals surface area contributed by atoms with E-state index in [9.17, 15) is 4.79 Å². The van der Waals surface area contributed by atoms with Gasteiger partial charge in [0.1, 0.15) is 5.78 Å². The maximum absolute atomic E-state index is 11.0. The molecule has 0 atom stereocenters. The van der Waals surface area contributed by atoms with E-state index in [1.54, 1.807) is 6.92 Å². The second-order valence-electron chi connectivity index (χ2n) is 3.83. The van der Waals surface area contributed by atoms with E-state index in [4.69, 9.17) is 0 Å². The smallest absolute Gasteiger partial charge is 0.143 e. The molecule has 2 nitrogen and oxygen atoms in total. The molecule has 0 radical (unpaired) electrons. The number of hydrogen-bond acceptors (Lipinski definition) is 2. The van der Waals surface area contributed by atoms with Gasteiger partial charge in [-0.2, -0.15) is 0 Å². The topological polar surface area (TPSA) is 20.3 Å². The van der Waals surface area contributed by atoms with Gasteiger partial charge in [-0.3, -0.25) is 9.69 Å². The Morgan fingerprint density at radius 2 is 2.21 bits per heavy atom. The lowest BCUT2D eigenvalue weighted by Gasteiger charge is -2.12. The average Bonchev–Trinajstić information content (AvgIpc) is 2.47. The summed E-state index contributed by atoms with van der Waals surface area (Å²) in [5.74, 6) is 0.252. The van der Waals surface area contributed by atoms with Gasteiger partial charge >= 0.3 is 0 Å². The molecule has 0 fully saturated rings. The third-order valence-corrected chi connectivity index (χ3v) is 2.50. The first kappa shape index (κ1) is 11.2. The molecule has 0 saturated heterocycles. The van der Waals surface area contributed by atoms with Crippen molar-refractivity contribution in [2.24, 2.45) is 0 Å². The Labute approximate surface area is 86.3 Å². The number of nitrogens with zero attached hydrogens (tertiary/aromatic N) is 1. The van der Waals surface area contributed by atoms with Crippen LogP contribution in [0.3, 0.4) is 0 Å². The Bertz CT molecular complexity index is 276. The summed E-state index contributed by atoms with van der Waals surface area (Å²) in [6.45, 7) is 8.36. The van der Waals surface area contributed by atoms with Crippen LogP contribution in [-0.2, 0) is 4.79 Å². The maximum Gasteiger partial charge on any atom is 0.143 e. The van der Waals surface area contributed by atoms with E-state index in [1.165, 1.54) is 11.1 Å². The summed E-state index contributed by atoms with van der Waals surface area (Å²) in [5.41, 5.74) is 2.88. The molecule has 0 saturated carbocycles. The van der Waals surface area contributed by atoms with Crippen LogP contribution in [0.5, 0.6) is 0 Å². The molecule has 0 amide bonds. The Morgan fingerprint density at radius 3 is 2.71 bits per heavy atom. The molecule has 78 valence electrons. The minimum absolute atomic E-state index is 0.252. The second kappa shape index (κ2) is 5.11. The zero-order valence-electron chi connectivity index (χ0n) is 9.34. The van der Waals surface area contributed by atoms with Crippen molar-refractivity contribution in [1.82, 2.24) is 4.90 Å². The lowest BCUT2D eigenvalue weighted by Crippen LogP contribution is -2.27. The molecule has 1 rings (SSSR count). The van der Waals surface area contributed by atoms with E-state index in [1.807, 2.05) is 6.92 Å². The maximum atomic E-state index is 11.0. The van der Waals surface area contributed by atoms with Crippen LogP contribution in [0, 0.1) is 0 Å². The average molecular weight is 193 g/mol. The van der Waals surface area contributed by atoms with Gasteiger partial charge < -0.3 is 0 Å². The highest BCUT2D eigenvalue weighted by Gasteiger charge is 2.19. The largest absolute Gasteiger partial charge is 0.299 e. The van der Waals surface area contributed by atoms with Gasteiger partial charge in [0.25, 0.3) is 0 Å². The third kappa shape index (κ3) is 2.81. The summed E-state index contributed by atoms with van der Waals surface area (Å²) in [5, 5.41) is 0. The van der Waals surface area contributed by atoms with Crippen LogP contribution in [0.15, 0.2) is 23.3 Å². The molecule has 14 heavy (non-hydrogen) atoms. The van der Waals surface area contributed by atoms with Gasteiger partial charge in [0.2, 0.25) is 0 Å². The molecule has 0 unspecified atom stereocenters. The first-order valence-electron chi connectivity index (χ1n) is 5.22. The number of ketones is 1. The number of allylic oxidation sites excluding steroid dienone is 1. The molecule has 0 spiro atoms. The summed E-state index contributed by atoms with van der Waals surface area (Å²) >= 11 is 0. The van der Waals surface area contributed by atoms with Crippen molar-refractivity contribution in [3.63, 3.8) is 0 Å². The molecule has 0 aromatic rings. The number of carbonyl (C=O) groups excluding carboxylic acids is 1. The number of carbonyl (C=O) groups is 1. The van der Waals surface area contributed by atoms with Crippen molar-refractivity contribution < 1.29 is 4.79 Å². The minimum Gasteiger partial charge on any atom is -0.299 e. The van der Waals surface area contributed by atoms with Crippen LogP contribution < -0.4 is 0 Å². The van der Waals surface area contributed by atoms with Crippen molar-refractivity contribution in [2.75, 3.05) is 19.6 Å². The fraction of sp³-hybridized carbons (Fsp3) is 0.583. The van der Waals surface area contributed by atoms with E-state index in [2.05, 4.69) is 24.0 Å². The zero-order chi connectivity index (χ0) is 10.6. The van der Waals surface area contributed by atoms with Gasteiger partial charge in [0, 0.05) is 13.1 Å². The lowest BCUT2D eigenvalue weighted by atomic mass is 10.1. The summed E-state index contributed by atoms with van der Waals surface area (Å²) < 4.78 is 0. The SMILES string of the molecule is C/C=C\C1=C(CC)CN(CC(C)=O)C1. The minimum atomic E-state index is 0.252. The van der Waals surface area contributed by atoms with Crippen LogP contribution in [-0.4, -0.2) is 30.3 Å². The molecule has 0 aliphatic carbocycles. The van der Waals surface area contributed by atoms with Gasteiger partial charge in [-0.25, -0.2) is 0 Å². The highest BCUT2D eigenvalue weighted by Crippen LogP contribution is 2.20. The highest BCUT2D eigenvalue weighted by atomic mass is 16.1. The van der Waals surface area contributed by atoms with Crippen molar-refractivity contribution in [3.05, 3.63) is 23.3 Å². The van der Waals surface area contributed by atoms with E-state index >= 15 is 0 Å². The first-order valence-corrected chi connectivity index (χ1v) is 5.22. The summed E-state index contributed by atoms with van der Waals surface area (Å²) in [6, 6.07) is 0. The quantitative estimate of drug-likeness (QED) is 0.682. The van der Waals surface area contributed by atoms with E-state index < -0.39 is 0 Å². The van der Waals surface area contributed by atoms with Crippen molar-refractivity contribution in [3.8, 4) is 0 Å². The van der Waals surface area contributed by atoms with Crippen LogP contribution >= 0.6 is 0 Å². The first-order chi connectivity index (χ1) is 6.67. The van der Waals surface area contributed by atoms with Gasteiger partial charge in [-0.15, -0.1) is 0 Å². The van der Waals surface area contributed by atoms with Crippen molar-refractivity contribution in [2.45, 2.75) is 27.2 Å². The van der Waals surface area contributed by atoms with Crippen molar-refractivity contribution in [1.29, 1.82) is 0 Å². The number of Topliss-reactive ketones (excluding diaryl/α,β-unsaturated/α-hetero) is 1. The van der Waals surface area contributed by atoms with Gasteiger partial charge in [-0.1, -0.05) is 24.6 Å². The summed E-state index contributed by atoms with van der Waals surface area (Å²) in [6.07, 6.45) is 5.33. The van der Waals surface area contributed by atoms with Crippen LogP contribution in [0.2, 0.25) is 0 Å². The monoisotopic (exact) mass is 193 g/mol. The van der Waals surface area contributed by atoms with Gasteiger partial charge in [-0.05, 0) is 25.8 Å². The lowest BCUT2D eigenvalue weighted by molar-refractivity contribution is -0.117. The fourth-order valence-electron chi connectivity index (χ4n) is 1.92. The Kier molecular flexibility index (Phi) is 4.08. The molecule has 0 bridgehead atoms. The van der Waals surface area contributed by atoms with Crippen LogP contribution in [0.25, 0.3) is 0 Å². The number of rotatable bonds is 4. The van der Waals surface area contributed by atoms with Crippen molar-refractivity contribution >= 4 is 5.78 Å². The third-order valence-electron chi connectivity index (χ3n) is 2.50. The Morgan fingerprint density at radius 1 is 1.50 bits per heavy atom. The molecular weight excluding hydrogens is 174 g/mol. The molecule has 0 N–H and O–H groups in total. The normalized spacial score (nSPS) is 18.5. The van der Waals surface area contributed by atoms with Gasteiger partial charge in [0.05, 0.1) is 6.54 Å². The number of hydrogen-bond donors (Lipinski definition) is 0. The highest BCUT2D eigenvalue weighted by molar-refractivity contribution is 5.77. The zero-order valence-corrected chi connectivity index (χ0v) is 9.34. The molecule has 1 heterocycles. The molecule has 0 aromatic heterocycles. The molecule has 0 aromatic carbocycles. The van der Waals surface area contributed by atoms with Gasteiger partial charge in [0.15, 0.2) is 0 Å². The van der Waals surface area contributed by atoms with E-state index in [0.717, 1.165) is 19.5 Å². The van der Waals surface area contributed by atoms with Crippen LogP contribution in [0.1, 0.15) is 27.2 Å². The standard InChI is InChI=1S/C12H19NO/c1-4-6-12-9-13(7-10(3)14)8-11(12)5-2/h4,6H,5,7-9H2,1-3H3/b6-4-. The molecule has 1 aliphatic heterocycles. The Balaban J connectivity index is 2.61. The predicted octanol–water partition coefficient (Wildman–Crippen LogP) is 2.17. The van der Waals surface area contributed by atoms with Crippen LogP contribution in [0.4, 0.5) is 0 Å². The van der Waals surface area contributed by atoms with E-state index in [0.29, 0.717) is 6.54 Å². The molecule has 2 heteroatoms. The second-order valence-corrected chi connectivity index (χ2v) is 3.83.